The van der Waals surface area contributed by atoms with Crippen LogP contribution in [-0.2, 0) is 5.41 Å². The van der Waals surface area contributed by atoms with Crippen molar-refractivity contribution >= 4 is 29.0 Å². The Morgan fingerprint density at radius 3 is 3.05 bits per heavy atom. The molecule has 2 N–H and O–H groups in total. The van der Waals surface area contributed by atoms with Crippen molar-refractivity contribution in [2.45, 2.75) is 25.2 Å². The number of hydrogen-bond acceptors (Lipinski definition) is 4. The summed E-state index contributed by atoms with van der Waals surface area (Å²) in [5, 5.41) is 10.8. The number of aromatic amines is 1. The monoisotopic (exact) mass is 288 g/mol. The van der Waals surface area contributed by atoms with E-state index in [1.165, 1.54) is 12.8 Å². The average molecular weight is 289 g/mol. The van der Waals surface area contributed by atoms with Gasteiger partial charge in [-0.15, -0.1) is 0 Å². The molecule has 0 bridgehead atoms. The van der Waals surface area contributed by atoms with Gasteiger partial charge in [0.1, 0.15) is 5.65 Å². The molecular formula is C13H13ClN6. The molecule has 1 fully saturated rings. The zero-order valence-electron chi connectivity index (χ0n) is 10.9. The minimum Gasteiger partial charge on any atom is -0.308 e. The summed E-state index contributed by atoms with van der Waals surface area (Å²) in [7, 11) is 0. The molecule has 6 nitrogen and oxygen atoms in total. The van der Waals surface area contributed by atoms with E-state index in [0.717, 1.165) is 17.2 Å². The first-order valence-corrected chi connectivity index (χ1v) is 6.85. The molecule has 102 valence electrons. The second kappa shape index (κ2) is 3.96. The lowest BCUT2D eigenvalue weighted by Crippen LogP contribution is -2.03. The second-order valence-electron chi connectivity index (χ2n) is 5.41. The largest absolute Gasteiger partial charge is 0.308 e. The Morgan fingerprint density at radius 1 is 1.40 bits per heavy atom. The van der Waals surface area contributed by atoms with Crippen molar-refractivity contribution in [3.63, 3.8) is 0 Å². The number of halogens is 1. The van der Waals surface area contributed by atoms with Gasteiger partial charge in [-0.3, -0.25) is 9.50 Å². The van der Waals surface area contributed by atoms with Crippen LogP contribution in [0.1, 0.15) is 25.5 Å². The normalized spacial score (nSPS) is 16.5. The van der Waals surface area contributed by atoms with Crippen LogP contribution in [0.3, 0.4) is 0 Å². The van der Waals surface area contributed by atoms with Crippen LogP contribution in [0.15, 0.2) is 24.4 Å². The maximum Gasteiger partial charge on any atom is 0.227 e. The van der Waals surface area contributed by atoms with E-state index in [2.05, 4.69) is 32.4 Å². The summed E-state index contributed by atoms with van der Waals surface area (Å²) < 4.78 is 1.83. The van der Waals surface area contributed by atoms with Gasteiger partial charge in [-0.1, -0.05) is 6.92 Å². The molecule has 1 aliphatic rings. The molecule has 0 unspecified atom stereocenters. The number of rotatable bonds is 3. The third-order valence-corrected chi connectivity index (χ3v) is 4.00. The van der Waals surface area contributed by atoms with E-state index in [4.69, 9.17) is 11.6 Å². The molecule has 0 atom stereocenters. The van der Waals surface area contributed by atoms with Gasteiger partial charge in [0.25, 0.3) is 0 Å². The predicted molar refractivity (Wildman–Crippen MR) is 76.5 cm³/mol. The van der Waals surface area contributed by atoms with Gasteiger partial charge in [-0.05, 0) is 36.6 Å². The highest BCUT2D eigenvalue weighted by Gasteiger charge is 2.40. The lowest BCUT2D eigenvalue weighted by atomic mass is 10.1. The molecule has 3 aromatic heterocycles. The fourth-order valence-electron chi connectivity index (χ4n) is 2.26. The van der Waals surface area contributed by atoms with E-state index < -0.39 is 0 Å². The fraction of sp³-hybridized carbons (Fsp3) is 0.308. The van der Waals surface area contributed by atoms with Crippen LogP contribution < -0.4 is 5.32 Å². The molecule has 0 aliphatic heterocycles. The average Bonchev–Trinajstić information content (AvgIpc) is 2.85. The van der Waals surface area contributed by atoms with Crippen molar-refractivity contribution in [3.05, 3.63) is 35.4 Å². The molecule has 0 spiro atoms. The van der Waals surface area contributed by atoms with Crippen molar-refractivity contribution in [1.29, 1.82) is 0 Å². The maximum absolute atomic E-state index is 5.93. The summed E-state index contributed by atoms with van der Waals surface area (Å²) in [6, 6.07) is 5.80. The molecule has 4 rings (SSSR count). The highest BCUT2D eigenvalue weighted by Crippen LogP contribution is 2.47. The molecule has 20 heavy (non-hydrogen) atoms. The minimum atomic E-state index is 0.212. The molecule has 0 amide bonds. The summed E-state index contributed by atoms with van der Waals surface area (Å²) >= 11 is 5.93. The molecule has 3 heterocycles. The Balaban J connectivity index is 1.70. The fourth-order valence-corrected chi connectivity index (χ4v) is 2.42. The summed E-state index contributed by atoms with van der Waals surface area (Å²) in [4.78, 5) is 8.35. The van der Waals surface area contributed by atoms with Gasteiger partial charge in [-0.2, -0.15) is 15.1 Å². The van der Waals surface area contributed by atoms with Gasteiger partial charge < -0.3 is 5.32 Å². The van der Waals surface area contributed by atoms with Gasteiger partial charge >= 0.3 is 0 Å². The lowest BCUT2D eigenvalue weighted by molar-refractivity contribution is 0.742. The van der Waals surface area contributed by atoms with Gasteiger partial charge in [0, 0.05) is 23.4 Å². The number of aromatic nitrogens is 5. The predicted octanol–water partition coefficient (Wildman–Crippen LogP) is 2.90. The Kier molecular flexibility index (Phi) is 2.32. The van der Waals surface area contributed by atoms with E-state index in [9.17, 15) is 0 Å². The minimum absolute atomic E-state index is 0.212. The van der Waals surface area contributed by atoms with Gasteiger partial charge in [0.05, 0.1) is 0 Å². The van der Waals surface area contributed by atoms with Crippen molar-refractivity contribution in [2.24, 2.45) is 0 Å². The SMILES string of the molecule is CC1(c2cc(Nc3nc(Cl)nc4cccn34)n[nH]2)CC1. The first-order valence-electron chi connectivity index (χ1n) is 6.48. The van der Waals surface area contributed by atoms with Crippen molar-refractivity contribution in [3.8, 4) is 0 Å². The van der Waals surface area contributed by atoms with Crippen LogP contribution in [0.5, 0.6) is 0 Å². The Labute approximate surface area is 120 Å². The summed E-state index contributed by atoms with van der Waals surface area (Å²) in [5.41, 5.74) is 2.17. The zero-order valence-corrected chi connectivity index (χ0v) is 11.6. The molecule has 7 heteroatoms. The maximum atomic E-state index is 5.93. The van der Waals surface area contributed by atoms with E-state index in [1.54, 1.807) is 0 Å². The highest BCUT2D eigenvalue weighted by atomic mass is 35.5. The Hall–Kier alpha value is -2.08. The number of H-pyrrole nitrogens is 1. The first kappa shape index (κ1) is 11.7. The van der Waals surface area contributed by atoms with Crippen LogP contribution >= 0.6 is 11.6 Å². The quantitative estimate of drug-likeness (QED) is 0.777. The number of nitrogens with one attached hydrogen (secondary N) is 2. The molecule has 0 saturated heterocycles. The van der Waals surface area contributed by atoms with E-state index >= 15 is 0 Å². The van der Waals surface area contributed by atoms with Gasteiger partial charge in [-0.25, -0.2) is 0 Å². The molecule has 3 aromatic rings. The third-order valence-electron chi connectivity index (χ3n) is 3.83. The number of nitrogens with zero attached hydrogens (tertiary/aromatic N) is 4. The third kappa shape index (κ3) is 1.84. The van der Waals surface area contributed by atoms with Crippen molar-refractivity contribution in [2.75, 3.05) is 5.32 Å². The molecule has 1 saturated carbocycles. The van der Waals surface area contributed by atoms with E-state index in [0.29, 0.717) is 5.95 Å². The number of hydrogen-bond donors (Lipinski definition) is 2. The van der Waals surface area contributed by atoms with Gasteiger partial charge in [0.15, 0.2) is 5.82 Å². The number of fused-ring (bicyclic) bond motifs is 1. The molecule has 0 radical (unpaired) electrons. The molecular weight excluding hydrogens is 276 g/mol. The van der Waals surface area contributed by atoms with Crippen molar-refractivity contribution < 1.29 is 0 Å². The summed E-state index contributed by atoms with van der Waals surface area (Å²) in [6.45, 7) is 2.23. The van der Waals surface area contributed by atoms with Crippen molar-refractivity contribution in [1.82, 2.24) is 24.6 Å². The second-order valence-corrected chi connectivity index (χ2v) is 5.74. The molecule has 1 aliphatic carbocycles. The van der Waals surface area contributed by atoms with Crippen LogP contribution in [0.2, 0.25) is 5.28 Å². The van der Waals surface area contributed by atoms with Crippen LogP contribution in [0, 0.1) is 0 Å². The lowest BCUT2D eigenvalue weighted by Gasteiger charge is -2.05. The van der Waals surface area contributed by atoms with E-state index in [1.807, 2.05) is 28.8 Å². The summed E-state index contributed by atoms with van der Waals surface area (Å²) in [6.07, 6.45) is 4.29. The standard InChI is InChI=1S/C13H13ClN6/c1-13(4-5-13)8-7-9(19-18-8)15-12-17-11(14)16-10-3-2-6-20(10)12/h2-3,6-7H,4-5H2,1H3,(H2,15,16,17,18,19). The Morgan fingerprint density at radius 2 is 2.25 bits per heavy atom. The summed E-state index contributed by atoms with van der Waals surface area (Å²) in [5.74, 6) is 1.34. The Bertz CT molecular complexity index is 785. The van der Waals surface area contributed by atoms with Crippen LogP contribution in [0.4, 0.5) is 11.8 Å². The molecule has 0 aromatic carbocycles. The zero-order chi connectivity index (χ0) is 13.7. The van der Waals surface area contributed by atoms with Crippen LogP contribution in [-0.4, -0.2) is 24.6 Å². The van der Waals surface area contributed by atoms with Gasteiger partial charge in [0.2, 0.25) is 11.2 Å². The van der Waals surface area contributed by atoms with Crippen LogP contribution in [0.25, 0.3) is 5.65 Å². The van der Waals surface area contributed by atoms with E-state index in [-0.39, 0.29) is 10.7 Å². The first-order chi connectivity index (χ1) is 9.64. The number of anilines is 2. The topological polar surface area (TPSA) is 70.9 Å². The smallest absolute Gasteiger partial charge is 0.227 e. The highest BCUT2D eigenvalue weighted by molar-refractivity contribution is 6.28.